The largest absolute Gasteiger partial charge is 0.416 e. The predicted octanol–water partition coefficient (Wildman–Crippen LogP) is 2.38. The van der Waals surface area contributed by atoms with Crippen LogP contribution in [0.5, 0.6) is 0 Å². The van der Waals surface area contributed by atoms with Crippen LogP contribution in [0.3, 0.4) is 0 Å². The minimum Gasteiger partial charge on any atom is -0.286 e. The molecule has 1 atom stereocenters. The van der Waals surface area contributed by atoms with Gasteiger partial charge >= 0.3 is 6.18 Å². The zero-order valence-corrected chi connectivity index (χ0v) is 13.7. The van der Waals surface area contributed by atoms with Gasteiger partial charge in [-0.05, 0) is 24.6 Å². The van der Waals surface area contributed by atoms with Crippen LogP contribution in [0.25, 0.3) is 0 Å². The van der Waals surface area contributed by atoms with E-state index in [9.17, 15) is 26.4 Å². The van der Waals surface area contributed by atoms with Gasteiger partial charge in [0.25, 0.3) is 0 Å². The Hall–Kier alpha value is -2.49. The van der Waals surface area contributed by atoms with E-state index in [1.54, 1.807) is 0 Å². The molecule has 0 aliphatic carbocycles. The lowest BCUT2D eigenvalue weighted by molar-refractivity contribution is -0.137. The van der Waals surface area contributed by atoms with Gasteiger partial charge in [0, 0.05) is 12.4 Å². The lowest BCUT2D eigenvalue weighted by Gasteiger charge is -2.32. The van der Waals surface area contributed by atoms with Gasteiger partial charge in [0.05, 0.1) is 11.6 Å². The molecule has 1 aliphatic heterocycles. The predicted molar refractivity (Wildman–Crippen MR) is 81.4 cm³/mol. The van der Waals surface area contributed by atoms with Crippen LogP contribution in [0, 0.1) is 0 Å². The topological polar surface area (TPSA) is 80.2 Å². The third-order valence-corrected chi connectivity index (χ3v) is 5.34. The van der Waals surface area contributed by atoms with Crippen LogP contribution in [0.1, 0.15) is 24.1 Å². The average molecular weight is 371 g/mol. The van der Waals surface area contributed by atoms with Gasteiger partial charge in [0.2, 0.25) is 15.7 Å². The number of carbonyl (C=O) groups excluding carboxylic acids is 1. The smallest absolute Gasteiger partial charge is 0.286 e. The van der Waals surface area contributed by atoms with Crippen molar-refractivity contribution in [2.24, 2.45) is 0 Å². The van der Waals surface area contributed by atoms with E-state index in [1.807, 2.05) is 0 Å². The molecule has 1 unspecified atom stereocenters. The van der Waals surface area contributed by atoms with Crippen molar-refractivity contribution in [3.8, 4) is 0 Å². The summed E-state index contributed by atoms with van der Waals surface area (Å²) in [5.41, 5.74) is -0.646. The first-order chi connectivity index (χ1) is 11.6. The van der Waals surface area contributed by atoms with Gasteiger partial charge in [-0.2, -0.15) is 13.2 Å². The van der Waals surface area contributed by atoms with Crippen LogP contribution in [-0.4, -0.2) is 30.0 Å². The molecule has 3 rings (SSSR count). The maximum absolute atomic E-state index is 12.9. The van der Waals surface area contributed by atoms with Gasteiger partial charge in [-0.25, -0.2) is 18.4 Å². The summed E-state index contributed by atoms with van der Waals surface area (Å²) in [5, 5.41) is -0.353. The van der Waals surface area contributed by atoms with Crippen LogP contribution < -0.4 is 4.90 Å². The fourth-order valence-corrected chi connectivity index (χ4v) is 3.90. The third kappa shape index (κ3) is 3.09. The summed E-state index contributed by atoms with van der Waals surface area (Å²) in [7, 11) is -3.92. The van der Waals surface area contributed by atoms with Crippen molar-refractivity contribution >= 4 is 21.6 Å². The van der Waals surface area contributed by atoms with Crippen molar-refractivity contribution in [2.45, 2.75) is 24.2 Å². The number of anilines is 1. The van der Waals surface area contributed by atoms with Crippen LogP contribution in [-0.2, 0) is 20.8 Å². The molecule has 0 saturated carbocycles. The molecule has 0 fully saturated rings. The molecule has 0 radical (unpaired) electrons. The number of rotatable bonds is 2. The third-order valence-electron chi connectivity index (χ3n) is 3.84. The molecule has 132 valence electrons. The Morgan fingerprint density at radius 2 is 1.88 bits per heavy atom. The van der Waals surface area contributed by atoms with Crippen LogP contribution >= 0.6 is 0 Å². The SMILES string of the molecule is CC(c1cccc(C(F)(F)F)c1)N1C(=O)CS(=O)(=O)c2nccnc21. The lowest BCUT2D eigenvalue weighted by Crippen LogP contribution is -2.43. The molecular weight excluding hydrogens is 359 g/mol. The van der Waals surface area contributed by atoms with Crippen molar-refractivity contribution < 1.29 is 26.4 Å². The number of alkyl halides is 3. The summed E-state index contributed by atoms with van der Waals surface area (Å²) < 4.78 is 62.9. The monoisotopic (exact) mass is 371 g/mol. The van der Waals surface area contributed by atoms with Crippen LogP contribution in [0.4, 0.5) is 19.0 Å². The molecule has 6 nitrogen and oxygen atoms in total. The molecule has 25 heavy (non-hydrogen) atoms. The molecule has 0 bridgehead atoms. The van der Waals surface area contributed by atoms with Crippen LogP contribution in [0.15, 0.2) is 41.7 Å². The Kier molecular flexibility index (Phi) is 4.02. The van der Waals surface area contributed by atoms with Gasteiger partial charge in [-0.1, -0.05) is 12.1 Å². The number of benzene rings is 1. The van der Waals surface area contributed by atoms with E-state index < -0.39 is 39.3 Å². The van der Waals surface area contributed by atoms with Crippen molar-refractivity contribution in [3.05, 3.63) is 47.8 Å². The van der Waals surface area contributed by atoms with E-state index >= 15 is 0 Å². The number of amides is 1. The Morgan fingerprint density at radius 1 is 1.20 bits per heavy atom. The molecule has 0 N–H and O–H groups in total. The fraction of sp³-hybridized carbons (Fsp3) is 0.267. The molecule has 2 heterocycles. The first-order valence-electron chi connectivity index (χ1n) is 7.14. The zero-order chi connectivity index (χ0) is 18.4. The van der Waals surface area contributed by atoms with Gasteiger partial charge in [-0.3, -0.25) is 9.69 Å². The van der Waals surface area contributed by atoms with E-state index in [2.05, 4.69) is 9.97 Å². The molecule has 1 aromatic heterocycles. The number of sulfone groups is 1. The lowest BCUT2D eigenvalue weighted by atomic mass is 10.0. The summed E-state index contributed by atoms with van der Waals surface area (Å²) >= 11 is 0. The Bertz CT molecular complexity index is 944. The molecule has 0 spiro atoms. The highest BCUT2D eigenvalue weighted by molar-refractivity contribution is 7.92. The second kappa shape index (κ2) is 5.80. The van der Waals surface area contributed by atoms with Crippen molar-refractivity contribution in [1.29, 1.82) is 0 Å². The molecule has 0 saturated heterocycles. The Labute approximate surface area is 141 Å². The van der Waals surface area contributed by atoms with Gasteiger partial charge in [0.15, 0.2) is 10.8 Å². The minimum absolute atomic E-state index is 0.177. The van der Waals surface area contributed by atoms with Crippen molar-refractivity contribution in [3.63, 3.8) is 0 Å². The van der Waals surface area contributed by atoms with E-state index in [0.717, 1.165) is 17.0 Å². The normalized spacial score (nSPS) is 17.9. The quantitative estimate of drug-likeness (QED) is 0.810. The van der Waals surface area contributed by atoms with Gasteiger partial charge in [-0.15, -0.1) is 0 Å². The molecule has 10 heteroatoms. The summed E-state index contributed by atoms with van der Waals surface area (Å²) in [6, 6.07) is 3.67. The number of aromatic nitrogens is 2. The highest BCUT2D eigenvalue weighted by Gasteiger charge is 2.40. The van der Waals surface area contributed by atoms with E-state index in [1.165, 1.54) is 31.5 Å². The fourth-order valence-electron chi connectivity index (χ4n) is 2.64. The molecule has 2 aromatic rings. The highest BCUT2D eigenvalue weighted by atomic mass is 32.2. The molecule has 1 amide bonds. The summed E-state index contributed by atoms with van der Waals surface area (Å²) in [6.45, 7) is 1.50. The Balaban J connectivity index is 2.09. The second-order valence-corrected chi connectivity index (χ2v) is 7.41. The Morgan fingerprint density at radius 3 is 2.56 bits per heavy atom. The van der Waals surface area contributed by atoms with E-state index in [-0.39, 0.29) is 16.4 Å². The van der Waals surface area contributed by atoms with Crippen LogP contribution in [0.2, 0.25) is 0 Å². The summed E-state index contributed by atoms with van der Waals surface area (Å²) in [5.74, 6) is -1.75. The van der Waals surface area contributed by atoms with E-state index in [4.69, 9.17) is 0 Å². The van der Waals surface area contributed by atoms with E-state index in [0.29, 0.717) is 0 Å². The first kappa shape index (κ1) is 17.3. The highest BCUT2D eigenvalue weighted by Crippen LogP contribution is 2.36. The number of nitrogens with zero attached hydrogens (tertiary/aromatic N) is 3. The van der Waals surface area contributed by atoms with Gasteiger partial charge < -0.3 is 0 Å². The van der Waals surface area contributed by atoms with Gasteiger partial charge in [0.1, 0.15) is 5.75 Å². The number of carbonyl (C=O) groups is 1. The molecule has 1 aromatic carbocycles. The number of halogens is 3. The zero-order valence-electron chi connectivity index (χ0n) is 12.9. The number of fused-ring (bicyclic) bond motifs is 1. The van der Waals surface area contributed by atoms with Crippen molar-refractivity contribution in [1.82, 2.24) is 9.97 Å². The number of hydrogen-bond acceptors (Lipinski definition) is 5. The maximum Gasteiger partial charge on any atom is 0.416 e. The average Bonchev–Trinajstić information content (AvgIpc) is 2.53. The number of hydrogen-bond donors (Lipinski definition) is 0. The standard InChI is InChI=1S/C15H12F3N3O3S/c1-9(10-3-2-4-11(7-10)15(16,17)18)21-12(22)8-25(23,24)14-13(21)19-5-6-20-14/h2-7,9H,8H2,1H3. The minimum atomic E-state index is -4.53. The summed E-state index contributed by atoms with van der Waals surface area (Å²) in [6.07, 6.45) is -2.12. The molecular formula is C15H12F3N3O3S. The van der Waals surface area contributed by atoms with Crippen molar-refractivity contribution in [2.75, 3.05) is 10.7 Å². The second-order valence-electron chi connectivity index (χ2n) is 5.51. The first-order valence-corrected chi connectivity index (χ1v) is 8.79. The maximum atomic E-state index is 12.9. The summed E-state index contributed by atoms with van der Waals surface area (Å²) in [4.78, 5) is 21.1. The molecule has 1 aliphatic rings.